The number of phenols is 1. The molecule has 1 aromatic heterocycles. The average Bonchev–Trinajstić information content (AvgIpc) is 2.48. The quantitative estimate of drug-likeness (QED) is 0.829. The fraction of sp³-hybridized carbons (Fsp3) is 0.316. The van der Waals surface area contributed by atoms with E-state index in [4.69, 9.17) is 4.42 Å². The van der Waals surface area contributed by atoms with E-state index >= 15 is 0 Å². The second kappa shape index (κ2) is 6.73. The van der Waals surface area contributed by atoms with Crippen LogP contribution < -0.4 is 5.43 Å². The standard InChI is InChI=1S/C19H22O4/c1-11(2)5-7-13-9-15-18(22)16(20)10-23-19(15)14(17(13)21)8-6-12(3)4/h5-6,9-10,20-21H,7-8H2,1-4H3. The van der Waals surface area contributed by atoms with Crippen LogP contribution in [0, 0.1) is 0 Å². The van der Waals surface area contributed by atoms with Crippen molar-refractivity contribution in [3.63, 3.8) is 0 Å². The van der Waals surface area contributed by atoms with Crippen molar-refractivity contribution in [3.05, 3.63) is 57.0 Å². The number of benzene rings is 1. The largest absolute Gasteiger partial charge is 0.507 e. The molecular formula is C19H22O4. The van der Waals surface area contributed by atoms with Gasteiger partial charge in [-0.05, 0) is 52.2 Å². The van der Waals surface area contributed by atoms with Gasteiger partial charge in [0.05, 0.1) is 5.39 Å². The van der Waals surface area contributed by atoms with Gasteiger partial charge in [-0.3, -0.25) is 4.79 Å². The van der Waals surface area contributed by atoms with Crippen molar-refractivity contribution in [2.75, 3.05) is 0 Å². The van der Waals surface area contributed by atoms with Gasteiger partial charge in [0, 0.05) is 5.56 Å². The third-order valence-corrected chi connectivity index (χ3v) is 3.64. The molecule has 0 saturated heterocycles. The third-order valence-electron chi connectivity index (χ3n) is 3.64. The Morgan fingerprint density at radius 3 is 2.30 bits per heavy atom. The van der Waals surface area contributed by atoms with Gasteiger partial charge in [0.1, 0.15) is 17.6 Å². The van der Waals surface area contributed by atoms with E-state index in [9.17, 15) is 15.0 Å². The van der Waals surface area contributed by atoms with Crippen LogP contribution in [0.3, 0.4) is 0 Å². The summed E-state index contributed by atoms with van der Waals surface area (Å²) in [6.07, 6.45) is 5.94. The molecule has 0 amide bonds. The molecule has 0 radical (unpaired) electrons. The molecule has 2 rings (SSSR count). The van der Waals surface area contributed by atoms with Gasteiger partial charge in [0.25, 0.3) is 0 Å². The van der Waals surface area contributed by atoms with Gasteiger partial charge in [-0.25, -0.2) is 0 Å². The number of phenolic OH excluding ortho intramolecular Hbond substituents is 1. The predicted molar refractivity (Wildman–Crippen MR) is 92.1 cm³/mol. The lowest BCUT2D eigenvalue weighted by molar-refractivity contribution is 0.438. The summed E-state index contributed by atoms with van der Waals surface area (Å²) >= 11 is 0. The summed E-state index contributed by atoms with van der Waals surface area (Å²) in [5, 5.41) is 20.5. The highest BCUT2D eigenvalue weighted by Crippen LogP contribution is 2.32. The van der Waals surface area contributed by atoms with Crippen LogP contribution in [-0.4, -0.2) is 10.2 Å². The SMILES string of the molecule is CC(C)=CCc1cc2c(=O)c(O)coc2c(CC=C(C)C)c1O. The molecule has 0 saturated carbocycles. The molecule has 1 heterocycles. The summed E-state index contributed by atoms with van der Waals surface area (Å²) in [6, 6.07) is 1.60. The number of aromatic hydroxyl groups is 2. The van der Waals surface area contributed by atoms with Crippen molar-refractivity contribution in [3.8, 4) is 11.5 Å². The van der Waals surface area contributed by atoms with Crippen LogP contribution in [0.4, 0.5) is 0 Å². The molecule has 4 heteroatoms. The zero-order valence-electron chi connectivity index (χ0n) is 13.9. The Morgan fingerprint density at radius 2 is 1.70 bits per heavy atom. The van der Waals surface area contributed by atoms with Gasteiger partial charge in [-0.2, -0.15) is 0 Å². The van der Waals surface area contributed by atoms with E-state index < -0.39 is 11.2 Å². The Labute approximate surface area is 135 Å². The van der Waals surface area contributed by atoms with Gasteiger partial charge in [-0.1, -0.05) is 23.3 Å². The van der Waals surface area contributed by atoms with Crippen molar-refractivity contribution < 1.29 is 14.6 Å². The minimum Gasteiger partial charge on any atom is -0.507 e. The number of allylic oxidation sites excluding steroid dienone is 4. The molecule has 0 spiro atoms. The van der Waals surface area contributed by atoms with E-state index in [0.29, 0.717) is 29.6 Å². The second-order valence-corrected chi connectivity index (χ2v) is 6.16. The smallest absolute Gasteiger partial charge is 0.234 e. The van der Waals surface area contributed by atoms with Crippen LogP contribution in [-0.2, 0) is 12.8 Å². The molecule has 0 unspecified atom stereocenters. The van der Waals surface area contributed by atoms with Crippen LogP contribution >= 0.6 is 0 Å². The topological polar surface area (TPSA) is 70.7 Å². The van der Waals surface area contributed by atoms with E-state index in [1.54, 1.807) is 6.07 Å². The van der Waals surface area contributed by atoms with Crippen LogP contribution in [0.1, 0.15) is 38.8 Å². The highest BCUT2D eigenvalue weighted by molar-refractivity contribution is 5.84. The summed E-state index contributed by atoms with van der Waals surface area (Å²) < 4.78 is 5.39. The molecule has 0 atom stereocenters. The van der Waals surface area contributed by atoms with Crippen LogP contribution in [0.25, 0.3) is 11.0 Å². The Hall–Kier alpha value is -2.49. The van der Waals surface area contributed by atoms with E-state index in [1.807, 2.05) is 39.8 Å². The monoisotopic (exact) mass is 314 g/mol. The normalized spacial score (nSPS) is 10.6. The molecule has 0 aliphatic carbocycles. The molecule has 122 valence electrons. The third kappa shape index (κ3) is 3.65. The lowest BCUT2D eigenvalue weighted by atomic mass is 9.98. The maximum absolute atomic E-state index is 12.2. The zero-order chi connectivity index (χ0) is 17.1. The maximum atomic E-state index is 12.2. The van der Waals surface area contributed by atoms with E-state index in [-0.39, 0.29) is 11.1 Å². The highest BCUT2D eigenvalue weighted by Gasteiger charge is 2.17. The molecule has 4 nitrogen and oxygen atoms in total. The summed E-state index contributed by atoms with van der Waals surface area (Å²) in [6.45, 7) is 7.88. The number of hydrogen-bond donors (Lipinski definition) is 2. The van der Waals surface area contributed by atoms with Crippen LogP contribution in [0.15, 0.2) is 44.8 Å². The minimum atomic E-state index is -0.483. The first-order valence-electron chi connectivity index (χ1n) is 7.56. The van der Waals surface area contributed by atoms with Crippen molar-refractivity contribution in [2.45, 2.75) is 40.5 Å². The van der Waals surface area contributed by atoms with E-state index in [2.05, 4.69) is 0 Å². The molecule has 0 aliphatic heterocycles. The minimum absolute atomic E-state index is 0.140. The molecule has 1 aromatic carbocycles. The summed E-state index contributed by atoms with van der Waals surface area (Å²) in [5.74, 6) is -0.286. The molecule has 23 heavy (non-hydrogen) atoms. The molecule has 0 aliphatic rings. The van der Waals surface area contributed by atoms with Gasteiger partial charge in [0.2, 0.25) is 5.43 Å². The fourth-order valence-corrected chi connectivity index (χ4v) is 2.35. The summed E-state index contributed by atoms with van der Waals surface area (Å²) in [7, 11) is 0. The molecular weight excluding hydrogens is 292 g/mol. The van der Waals surface area contributed by atoms with Gasteiger partial charge < -0.3 is 14.6 Å². The van der Waals surface area contributed by atoms with Crippen LogP contribution in [0.5, 0.6) is 11.5 Å². The van der Waals surface area contributed by atoms with Gasteiger partial charge in [0.15, 0.2) is 5.75 Å². The summed E-state index contributed by atoms with van der Waals surface area (Å²) in [4.78, 5) is 12.2. The molecule has 2 aromatic rings. The van der Waals surface area contributed by atoms with Crippen molar-refractivity contribution in [1.29, 1.82) is 0 Å². The Morgan fingerprint density at radius 1 is 1.09 bits per heavy atom. The molecule has 0 bridgehead atoms. The second-order valence-electron chi connectivity index (χ2n) is 6.16. The average molecular weight is 314 g/mol. The maximum Gasteiger partial charge on any atom is 0.234 e. The zero-order valence-corrected chi connectivity index (χ0v) is 13.9. The number of rotatable bonds is 4. The molecule has 2 N–H and O–H groups in total. The van der Waals surface area contributed by atoms with E-state index in [0.717, 1.165) is 17.4 Å². The van der Waals surface area contributed by atoms with Crippen molar-refractivity contribution in [2.24, 2.45) is 0 Å². The fourth-order valence-electron chi connectivity index (χ4n) is 2.35. The van der Waals surface area contributed by atoms with Gasteiger partial charge in [-0.15, -0.1) is 0 Å². The first kappa shape index (κ1) is 16.9. The Balaban J connectivity index is 2.75. The summed E-state index contributed by atoms with van der Waals surface area (Å²) in [5.41, 5.74) is 3.28. The first-order valence-corrected chi connectivity index (χ1v) is 7.56. The lowest BCUT2D eigenvalue weighted by Gasteiger charge is -2.11. The number of hydrogen-bond acceptors (Lipinski definition) is 4. The Kier molecular flexibility index (Phi) is 4.94. The molecule has 0 fully saturated rings. The van der Waals surface area contributed by atoms with Crippen molar-refractivity contribution in [1.82, 2.24) is 0 Å². The van der Waals surface area contributed by atoms with Gasteiger partial charge >= 0.3 is 0 Å². The predicted octanol–water partition coefficient (Wildman–Crippen LogP) is 4.22. The number of fused-ring (bicyclic) bond motifs is 1. The lowest BCUT2D eigenvalue weighted by Crippen LogP contribution is -2.04. The van der Waals surface area contributed by atoms with Crippen LogP contribution in [0.2, 0.25) is 0 Å². The Bertz CT molecular complexity index is 846. The van der Waals surface area contributed by atoms with Crippen molar-refractivity contribution >= 4 is 11.0 Å². The first-order chi connectivity index (χ1) is 10.8. The highest BCUT2D eigenvalue weighted by atomic mass is 16.3. The van der Waals surface area contributed by atoms with E-state index in [1.165, 1.54) is 0 Å².